The smallest absolute Gasteiger partial charge is 0.191 e. The Bertz CT molecular complexity index is 682. The lowest BCUT2D eigenvalue weighted by Gasteiger charge is -2.18. The van der Waals surface area contributed by atoms with Crippen LogP contribution in [0.15, 0.2) is 40.7 Å². The van der Waals surface area contributed by atoms with Gasteiger partial charge in [-0.1, -0.05) is 51.1 Å². The topological polar surface area (TPSA) is 69.5 Å². The number of hydrogen-bond donors (Lipinski definition) is 3. The molecule has 144 valence electrons. The van der Waals surface area contributed by atoms with Gasteiger partial charge in [-0.3, -0.25) is 4.99 Å². The number of aliphatic imine (C=N–C) groups is 1. The molecule has 0 fully saturated rings. The first-order chi connectivity index (χ1) is 11.9. The van der Waals surface area contributed by atoms with Gasteiger partial charge in [-0.25, -0.2) is 4.98 Å². The highest BCUT2D eigenvalue weighted by Gasteiger charge is 2.18. The van der Waals surface area contributed by atoms with Crippen LogP contribution in [0.5, 0.6) is 0 Å². The Balaban J connectivity index is 0.00000338. The second-order valence-electron chi connectivity index (χ2n) is 6.99. The molecule has 26 heavy (non-hydrogen) atoms. The zero-order valence-electron chi connectivity index (χ0n) is 15.8. The lowest BCUT2D eigenvalue weighted by atomic mass is 9.98. The summed E-state index contributed by atoms with van der Waals surface area (Å²) in [5.74, 6) is 0.742. The summed E-state index contributed by atoms with van der Waals surface area (Å²) in [5, 5.41) is 19.4. The van der Waals surface area contributed by atoms with Gasteiger partial charge in [0.2, 0.25) is 0 Å². The van der Waals surface area contributed by atoms with Crippen molar-refractivity contribution >= 4 is 41.3 Å². The SMILES string of the molecule is CN=C(NCc1csc(C(C)(C)C)n1)NCC(CO)c1ccccc1.I. The highest BCUT2D eigenvalue weighted by molar-refractivity contribution is 14.0. The first-order valence-electron chi connectivity index (χ1n) is 8.49. The number of aliphatic hydroxyl groups is 1. The lowest BCUT2D eigenvalue weighted by molar-refractivity contribution is 0.265. The average Bonchev–Trinajstić information content (AvgIpc) is 3.08. The third-order valence-electron chi connectivity index (χ3n) is 3.86. The number of thiazole rings is 1. The number of benzene rings is 1. The molecular weight excluding hydrogens is 459 g/mol. The van der Waals surface area contributed by atoms with E-state index in [0.717, 1.165) is 16.3 Å². The molecule has 0 saturated carbocycles. The van der Waals surface area contributed by atoms with Crippen LogP contribution in [0.3, 0.4) is 0 Å². The fraction of sp³-hybridized carbons (Fsp3) is 0.474. The minimum absolute atomic E-state index is 0. The van der Waals surface area contributed by atoms with Crippen LogP contribution in [0, 0.1) is 0 Å². The maximum Gasteiger partial charge on any atom is 0.191 e. The molecule has 1 aromatic carbocycles. The van der Waals surface area contributed by atoms with E-state index >= 15 is 0 Å². The van der Waals surface area contributed by atoms with Crippen LogP contribution in [0.2, 0.25) is 0 Å². The molecule has 0 aliphatic carbocycles. The number of halogens is 1. The van der Waals surface area contributed by atoms with Gasteiger partial charge < -0.3 is 15.7 Å². The molecule has 2 aromatic rings. The number of aliphatic hydroxyl groups excluding tert-OH is 1. The molecule has 3 N–H and O–H groups in total. The first-order valence-corrected chi connectivity index (χ1v) is 9.37. The van der Waals surface area contributed by atoms with Gasteiger partial charge in [-0.2, -0.15) is 0 Å². The van der Waals surface area contributed by atoms with Crippen molar-refractivity contribution in [2.24, 2.45) is 4.99 Å². The molecule has 0 bridgehead atoms. The van der Waals surface area contributed by atoms with Crippen molar-refractivity contribution in [2.45, 2.75) is 38.6 Å². The Morgan fingerprint density at radius 3 is 2.46 bits per heavy atom. The average molecular weight is 488 g/mol. The van der Waals surface area contributed by atoms with Crippen molar-refractivity contribution in [3.8, 4) is 0 Å². The second kappa shape index (κ2) is 10.8. The number of hydrogen-bond acceptors (Lipinski definition) is 4. The van der Waals surface area contributed by atoms with E-state index in [4.69, 9.17) is 0 Å². The van der Waals surface area contributed by atoms with Gasteiger partial charge in [-0.15, -0.1) is 35.3 Å². The van der Waals surface area contributed by atoms with Crippen LogP contribution >= 0.6 is 35.3 Å². The molecule has 5 nitrogen and oxygen atoms in total. The largest absolute Gasteiger partial charge is 0.396 e. The predicted molar refractivity (Wildman–Crippen MR) is 121 cm³/mol. The summed E-state index contributed by atoms with van der Waals surface area (Å²) in [5.41, 5.74) is 2.20. The maximum absolute atomic E-state index is 9.64. The highest BCUT2D eigenvalue weighted by Crippen LogP contribution is 2.25. The van der Waals surface area contributed by atoms with Crippen LogP contribution in [0.4, 0.5) is 0 Å². The summed E-state index contributed by atoms with van der Waals surface area (Å²) >= 11 is 1.69. The monoisotopic (exact) mass is 488 g/mol. The van der Waals surface area contributed by atoms with E-state index in [1.54, 1.807) is 18.4 Å². The van der Waals surface area contributed by atoms with Crippen LogP contribution in [-0.4, -0.2) is 36.2 Å². The Labute approximate surface area is 177 Å². The highest BCUT2D eigenvalue weighted by atomic mass is 127. The molecule has 0 saturated heterocycles. The van der Waals surface area contributed by atoms with Gasteiger partial charge in [0.25, 0.3) is 0 Å². The number of guanidine groups is 1. The Morgan fingerprint density at radius 2 is 1.92 bits per heavy atom. The Kier molecular flexibility index (Phi) is 9.52. The fourth-order valence-corrected chi connectivity index (χ4v) is 3.27. The summed E-state index contributed by atoms with van der Waals surface area (Å²) in [7, 11) is 1.74. The molecule has 0 aliphatic rings. The molecule has 7 heteroatoms. The summed E-state index contributed by atoms with van der Waals surface area (Å²) in [6.07, 6.45) is 0. The predicted octanol–water partition coefficient (Wildman–Crippen LogP) is 3.50. The van der Waals surface area contributed by atoms with E-state index in [2.05, 4.69) is 46.8 Å². The molecule has 1 unspecified atom stereocenters. The minimum atomic E-state index is 0. The van der Waals surface area contributed by atoms with Gasteiger partial charge >= 0.3 is 0 Å². The van der Waals surface area contributed by atoms with Crippen molar-refractivity contribution in [3.63, 3.8) is 0 Å². The standard InChI is InChI=1S/C19H28N4OS.HI/c1-19(2,3)17-23-16(13-25-17)11-22-18(20-4)21-10-15(12-24)14-8-6-5-7-9-14;/h5-9,13,15,24H,10-12H2,1-4H3,(H2,20,21,22);1H. The van der Waals surface area contributed by atoms with E-state index in [9.17, 15) is 5.11 Å². The number of rotatable bonds is 6. The number of nitrogens with one attached hydrogen (secondary N) is 2. The van der Waals surface area contributed by atoms with Gasteiger partial charge in [0.1, 0.15) is 0 Å². The molecule has 0 aliphatic heterocycles. The summed E-state index contributed by atoms with van der Waals surface area (Å²) in [6, 6.07) is 10.0. The summed E-state index contributed by atoms with van der Waals surface area (Å²) < 4.78 is 0. The molecule has 1 aromatic heterocycles. The first kappa shape index (κ1) is 22.9. The Morgan fingerprint density at radius 1 is 1.23 bits per heavy atom. The molecule has 1 heterocycles. The van der Waals surface area contributed by atoms with Crippen molar-refractivity contribution in [1.29, 1.82) is 0 Å². The van der Waals surface area contributed by atoms with Crippen LogP contribution in [-0.2, 0) is 12.0 Å². The van der Waals surface area contributed by atoms with E-state index in [1.807, 2.05) is 30.3 Å². The zero-order valence-corrected chi connectivity index (χ0v) is 19.0. The fourth-order valence-electron chi connectivity index (χ4n) is 2.36. The van der Waals surface area contributed by atoms with Crippen molar-refractivity contribution in [3.05, 3.63) is 52.0 Å². The number of aromatic nitrogens is 1. The van der Waals surface area contributed by atoms with Crippen LogP contribution in [0.25, 0.3) is 0 Å². The van der Waals surface area contributed by atoms with Crippen LogP contribution in [0.1, 0.15) is 43.0 Å². The van der Waals surface area contributed by atoms with E-state index in [0.29, 0.717) is 19.0 Å². The van der Waals surface area contributed by atoms with E-state index in [-0.39, 0.29) is 41.9 Å². The summed E-state index contributed by atoms with van der Waals surface area (Å²) in [4.78, 5) is 8.93. The maximum atomic E-state index is 9.64. The van der Waals surface area contributed by atoms with E-state index in [1.165, 1.54) is 0 Å². The molecular formula is C19H29IN4OS. The van der Waals surface area contributed by atoms with Crippen molar-refractivity contribution < 1.29 is 5.11 Å². The number of nitrogens with zero attached hydrogens (tertiary/aromatic N) is 2. The normalized spacial score (nSPS) is 13.0. The molecule has 2 rings (SSSR count). The second-order valence-corrected chi connectivity index (χ2v) is 7.85. The van der Waals surface area contributed by atoms with Gasteiger partial charge in [0.15, 0.2) is 5.96 Å². The van der Waals surface area contributed by atoms with Crippen LogP contribution < -0.4 is 10.6 Å². The summed E-state index contributed by atoms with van der Waals surface area (Å²) in [6.45, 7) is 7.84. The van der Waals surface area contributed by atoms with Gasteiger partial charge in [0, 0.05) is 30.3 Å². The van der Waals surface area contributed by atoms with Gasteiger partial charge in [-0.05, 0) is 5.56 Å². The van der Waals surface area contributed by atoms with E-state index < -0.39 is 0 Å². The third kappa shape index (κ3) is 6.85. The lowest BCUT2D eigenvalue weighted by Crippen LogP contribution is -2.39. The van der Waals surface area contributed by atoms with Crippen molar-refractivity contribution in [1.82, 2.24) is 15.6 Å². The molecule has 1 atom stereocenters. The third-order valence-corrected chi connectivity index (χ3v) is 5.18. The van der Waals surface area contributed by atoms with Crippen molar-refractivity contribution in [2.75, 3.05) is 20.2 Å². The minimum Gasteiger partial charge on any atom is -0.396 e. The Hall–Kier alpha value is -1.19. The molecule has 0 spiro atoms. The zero-order chi connectivity index (χ0) is 18.3. The molecule has 0 amide bonds. The quantitative estimate of drug-likeness (QED) is 0.331. The van der Waals surface area contributed by atoms with Gasteiger partial charge in [0.05, 0.1) is 23.9 Å². The molecule has 0 radical (unpaired) electrons.